The average Bonchev–Trinajstić information content (AvgIpc) is 2.69. The summed E-state index contributed by atoms with van der Waals surface area (Å²) in [5.74, 6) is -0.363. The summed E-state index contributed by atoms with van der Waals surface area (Å²) < 4.78 is 32.6. The Morgan fingerprint density at radius 3 is 2.56 bits per heavy atom. The summed E-state index contributed by atoms with van der Waals surface area (Å²) in [6, 6.07) is 6.86. The molecule has 1 amide bonds. The number of carbonyl (C=O) groups excluding carboxylic acids is 1. The van der Waals surface area contributed by atoms with Crippen molar-refractivity contribution in [1.29, 1.82) is 0 Å². The fraction of sp³-hybridized carbons (Fsp3) is 0.353. The summed E-state index contributed by atoms with van der Waals surface area (Å²) in [5, 5.41) is 8.41. The van der Waals surface area contributed by atoms with Gasteiger partial charge in [-0.25, -0.2) is 13.5 Å². The van der Waals surface area contributed by atoms with Crippen LogP contribution in [0, 0.1) is 0 Å². The van der Waals surface area contributed by atoms with Crippen LogP contribution in [0.25, 0.3) is 0 Å². The van der Waals surface area contributed by atoms with E-state index in [-0.39, 0.29) is 22.0 Å². The van der Waals surface area contributed by atoms with E-state index in [9.17, 15) is 18.0 Å². The lowest BCUT2D eigenvalue weighted by molar-refractivity contribution is 0.102. The molecule has 1 aromatic carbocycles. The second kappa shape index (κ2) is 7.89. The zero-order valence-electron chi connectivity index (χ0n) is 14.8. The highest BCUT2D eigenvalue weighted by Gasteiger charge is 2.29. The molecule has 144 valence electrons. The van der Waals surface area contributed by atoms with E-state index in [0.29, 0.717) is 13.1 Å². The first-order valence-corrected chi connectivity index (χ1v) is 9.91. The molecule has 0 radical (unpaired) electrons. The van der Waals surface area contributed by atoms with Crippen LogP contribution >= 0.6 is 0 Å². The molecule has 0 atom stereocenters. The lowest BCUT2D eigenvalue weighted by atomic mass is 10.2. The molecule has 9 nitrogen and oxygen atoms in total. The molecule has 0 unspecified atom stereocenters. The number of amides is 1. The molecule has 1 fully saturated rings. The molecule has 27 heavy (non-hydrogen) atoms. The van der Waals surface area contributed by atoms with Crippen molar-refractivity contribution in [2.45, 2.75) is 24.2 Å². The third-order valence-corrected chi connectivity index (χ3v) is 6.19. The standard InChI is InChI=1S/C17H20N4O5S/c1-26-14-7-5-12(18-17(23)13-6-8-16(22)20-19-13)11-15(14)27(24,25)21-9-3-2-4-10-21/h5-8,11H,2-4,9-10H2,1H3,(H,18,23)(H,20,22). The van der Waals surface area contributed by atoms with Gasteiger partial charge in [0.15, 0.2) is 0 Å². The Hall–Kier alpha value is -2.72. The van der Waals surface area contributed by atoms with E-state index < -0.39 is 21.5 Å². The zero-order valence-corrected chi connectivity index (χ0v) is 15.6. The van der Waals surface area contributed by atoms with Crippen LogP contribution < -0.4 is 15.6 Å². The number of hydrogen-bond acceptors (Lipinski definition) is 6. The largest absolute Gasteiger partial charge is 0.495 e. The number of methoxy groups -OCH3 is 1. The maximum absolute atomic E-state index is 13.0. The zero-order chi connectivity index (χ0) is 19.4. The molecule has 2 heterocycles. The van der Waals surface area contributed by atoms with E-state index in [1.165, 1.54) is 41.7 Å². The van der Waals surface area contributed by atoms with E-state index >= 15 is 0 Å². The number of piperidine rings is 1. The van der Waals surface area contributed by atoms with Crippen LogP contribution in [0.2, 0.25) is 0 Å². The first-order valence-electron chi connectivity index (χ1n) is 8.47. The van der Waals surface area contributed by atoms with Crippen LogP contribution in [0.3, 0.4) is 0 Å². The third kappa shape index (κ3) is 4.17. The van der Waals surface area contributed by atoms with Crippen LogP contribution in [-0.4, -0.2) is 49.0 Å². The van der Waals surface area contributed by atoms with Gasteiger partial charge in [-0.2, -0.15) is 9.40 Å². The Labute approximate surface area is 156 Å². The van der Waals surface area contributed by atoms with Crippen molar-refractivity contribution in [3.05, 3.63) is 46.4 Å². The van der Waals surface area contributed by atoms with E-state index in [1.807, 2.05) is 0 Å². The maximum atomic E-state index is 13.0. The molecule has 0 aliphatic carbocycles. The second-order valence-electron chi connectivity index (χ2n) is 6.09. The topological polar surface area (TPSA) is 121 Å². The van der Waals surface area contributed by atoms with Crippen LogP contribution in [0.4, 0.5) is 5.69 Å². The lowest BCUT2D eigenvalue weighted by Gasteiger charge is -2.26. The summed E-state index contributed by atoms with van der Waals surface area (Å²) in [4.78, 5) is 23.3. The molecule has 2 aromatic rings. The third-order valence-electron chi connectivity index (χ3n) is 4.27. The first kappa shape index (κ1) is 19.1. The van der Waals surface area contributed by atoms with Gasteiger partial charge < -0.3 is 10.1 Å². The quantitative estimate of drug-likeness (QED) is 0.789. The number of carbonyl (C=O) groups is 1. The number of sulfonamides is 1. The highest BCUT2D eigenvalue weighted by molar-refractivity contribution is 7.89. The number of hydrogen-bond donors (Lipinski definition) is 2. The van der Waals surface area contributed by atoms with Gasteiger partial charge >= 0.3 is 0 Å². The van der Waals surface area contributed by atoms with E-state index in [2.05, 4.69) is 15.5 Å². The number of anilines is 1. The predicted octanol–water partition coefficient (Wildman–Crippen LogP) is 1.21. The maximum Gasteiger partial charge on any atom is 0.276 e. The van der Waals surface area contributed by atoms with Gasteiger partial charge in [0, 0.05) is 24.8 Å². The van der Waals surface area contributed by atoms with Gasteiger partial charge in [0.25, 0.3) is 11.5 Å². The highest BCUT2D eigenvalue weighted by atomic mass is 32.2. The minimum atomic E-state index is -3.74. The molecule has 1 aromatic heterocycles. The number of ether oxygens (including phenoxy) is 1. The van der Waals surface area contributed by atoms with E-state index in [1.54, 1.807) is 0 Å². The Kier molecular flexibility index (Phi) is 5.57. The Morgan fingerprint density at radius 1 is 1.19 bits per heavy atom. The Bertz CT molecular complexity index is 976. The fourth-order valence-corrected chi connectivity index (χ4v) is 4.57. The number of rotatable bonds is 5. The van der Waals surface area contributed by atoms with Gasteiger partial charge in [-0.3, -0.25) is 9.59 Å². The molecule has 0 bridgehead atoms. The van der Waals surface area contributed by atoms with Crippen LogP contribution in [0.1, 0.15) is 29.8 Å². The monoisotopic (exact) mass is 392 g/mol. The molecule has 1 aliphatic heterocycles. The van der Waals surface area contributed by atoms with Gasteiger partial charge in [-0.1, -0.05) is 6.42 Å². The summed E-state index contributed by atoms with van der Waals surface area (Å²) >= 11 is 0. The van der Waals surface area contributed by atoms with Crippen LogP contribution in [-0.2, 0) is 10.0 Å². The lowest BCUT2D eigenvalue weighted by Crippen LogP contribution is -2.35. The molecule has 3 rings (SSSR count). The van der Waals surface area contributed by atoms with Crippen molar-refractivity contribution in [3.63, 3.8) is 0 Å². The number of aromatic nitrogens is 2. The predicted molar refractivity (Wildman–Crippen MR) is 98.4 cm³/mol. The van der Waals surface area contributed by atoms with Gasteiger partial charge in [-0.15, -0.1) is 0 Å². The minimum absolute atomic E-state index is 0.000808. The van der Waals surface area contributed by atoms with Crippen LogP contribution in [0.5, 0.6) is 5.75 Å². The van der Waals surface area contributed by atoms with Gasteiger partial charge in [0.2, 0.25) is 10.0 Å². The second-order valence-corrected chi connectivity index (χ2v) is 8.00. The smallest absolute Gasteiger partial charge is 0.276 e. The molecule has 10 heteroatoms. The highest BCUT2D eigenvalue weighted by Crippen LogP contribution is 2.31. The molecular formula is C17H20N4O5S. The Balaban J connectivity index is 1.90. The minimum Gasteiger partial charge on any atom is -0.495 e. The number of nitrogens with zero attached hydrogens (tertiary/aromatic N) is 2. The molecule has 2 N–H and O–H groups in total. The average molecular weight is 392 g/mol. The van der Waals surface area contributed by atoms with Crippen molar-refractivity contribution < 1.29 is 17.9 Å². The first-order chi connectivity index (χ1) is 12.9. The van der Waals surface area contributed by atoms with Crippen molar-refractivity contribution in [2.24, 2.45) is 0 Å². The summed E-state index contributed by atoms with van der Waals surface area (Å²) in [6.07, 6.45) is 2.64. The summed E-state index contributed by atoms with van der Waals surface area (Å²) in [7, 11) is -2.34. The number of benzene rings is 1. The van der Waals surface area contributed by atoms with Crippen LogP contribution in [0.15, 0.2) is 40.0 Å². The van der Waals surface area contributed by atoms with Gasteiger partial charge in [-0.05, 0) is 37.1 Å². The summed E-state index contributed by atoms with van der Waals surface area (Å²) in [5.41, 5.74) is -0.138. The molecule has 1 saturated heterocycles. The SMILES string of the molecule is COc1ccc(NC(=O)c2ccc(=O)[nH]n2)cc1S(=O)(=O)N1CCCCC1. The van der Waals surface area contributed by atoms with Crippen molar-refractivity contribution in [1.82, 2.24) is 14.5 Å². The van der Waals surface area contributed by atoms with Gasteiger partial charge in [0.05, 0.1) is 7.11 Å². The molecular weight excluding hydrogens is 372 g/mol. The molecule has 0 spiro atoms. The van der Waals surface area contributed by atoms with Crippen molar-refractivity contribution in [2.75, 3.05) is 25.5 Å². The number of nitrogens with one attached hydrogen (secondary N) is 2. The molecule has 0 saturated carbocycles. The number of H-pyrrole nitrogens is 1. The van der Waals surface area contributed by atoms with Crippen molar-refractivity contribution >= 4 is 21.6 Å². The van der Waals surface area contributed by atoms with Gasteiger partial charge in [0.1, 0.15) is 16.3 Å². The van der Waals surface area contributed by atoms with E-state index in [0.717, 1.165) is 19.3 Å². The fourth-order valence-electron chi connectivity index (χ4n) is 2.87. The Morgan fingerprint density at radius 2 is 1.93 bits per heavy atom. The van der Waals surface area contributed by atoms with Crippen molar-refractivity contribution in [3.8, 4) is 5.75 Å². The normalized spacial score (nSPS) is 15.3. The number of aromatic amines is 1. The summed E-state index contributed by atoms with van der Waals surface area (Å²) in [6.45, 7) is 0.923. The van der Waals surface area contributed by atoms with E-state index in [4.69, 9.17) is 4.74 Å². The molecule has 1 aliphatic rings.